The van der Waals surface area contributed by atoms with Crippen LogP contribution in [0.2, 0.25) is 0 Å². The van der Waals surface area contributed by atoms with Crippen molar-refractivity contribution in [3.63, 3.8) is 0 Å². The van der Waals surface area contributed by atoms with Crippen LogP contribution in [0.15, 0.2) is 23.3 Å². The number of nitrogens with zero attached hydrogens (tertiary/aromatic N) is 3. The van der Waals surface area contributed by atoms with Gasteiger partial charge in [0.2, 0.25) is 0 Å². The maximum atomic E-state index is 12.3. The van der Waals surface area contributed by atoms with Gasteiger partial charge >= 0.3 is 0 Å². The molecule has 7 nitrogen and oxygen atoms in total. The van der Waals surface area contributed by atoms with Gasteiger partial charge < -0.3 is 5.32 Å². The molecule has 7 heteroatoms. The molecule has 2 aliphatic carbocycles. The zero-order valence-corrected chi connectivity index (χ0v) is 13.5. The summed E-state index contributed by atoms with van der Waals surface area (Å²) in [4.78, 5) is 24.4. The Morgan fingerprint density at radius 3 is 2.83 bits per heavy atom. The zero-order chi connectivity index (χ0) is 16.5. The van der Waals surface area contributed by atoms with E-state index in [-0.39, 0.29) is 23.6 Å². The number of aromatic nitrogens is 4. The van der Waals surface area contributed by atoms with Gasteiger partial charge in [0.15, 0.2) is 0 Å². The van der Waals surface area contributed by atoms with E-state index < -0.39 is 0 Å². The first-order chi connectivity index (χ1) is 11.7. The molecule has 0 spiro atoms. The predicted octanol–water partition coefficient (Wildman–Crippen LogP) is 1.37. The highest BCUT2D eigenvalue weighted by atomic mass is 16.2. The molecule has 2 heterocycles. The van der Waals surface area contributed by atoms with Gasteiger partial charge in [-0.25, -0.2) is 4.68 Å². The van der Waals surface area contributed by atoms with Gasteiger partial charge in [-0.3, -0.25) is 14.7 Å². The van der Waals surface area contributed by atoms with Gasteiger partial charge in [-0.1, -0.05) is 0 Å². The average Bonchev–Trinajstić information content (AvgIpc) is 3.26. The smallest absolute Gasteiger partial charge is 0.267 e. The molecular weight excluding hydrogens is 306 g/mol. The second-order valence-electron chi connectivity index (χ2n) is 6.72. The van der Waals surface area contributed by atoms with Crippen molar-refractivity contribution >= 4 is 5.91 Å². The minimum absolute atomic E-state index is 0.0153. The summed E-state index contributed by atoms with van der Waals surface area (Å²) in [6, 6.07) is 2.06. The molecule has 1 amide bonds. The third kappa shape index (κ3) is 2.86. The molecule has 0 aliphatic heterocycles. The summed E-state index contributed by atoms with van der Waals surface area (Å²) in [5.74, 6) is -0.0972. The Hall–Kier alpha value is -2.44. The Morgan fingerprint density at radius 2 is 2.08 bits per heavy atom. The van der Waals surface area contributed by atoms with E-state index in [0.29, 0.717) is 5.56 Å². The molecule has 0 atom stereocenters. The van der Waals surface area contributed by atoms with Crippen molar-refractivity contribution in [3.05, 3.63) is 45.6 Å². The number of hydrogen-bond donors (Lipinski definition) is 2. The molecule has 0 bridgehead atoms. The molecule has 1 saturated carbocycles. The number of carbonyl (C=O) groups excluding carboxylic acids is 1. The van der Waals surface area contributed by atoms with E-state index in [9.17, 15) is 9.59 Å². The van der Waals surface area contributed by atoms with Crippen LogP contribution in [0.4, 0.5) is 0 Å². The van der Waals surface area contributed by atoms with Crippen molar-refractivity contribution in [2.45, 2.75) is 57.0 Å². The van der Waals surface area contributed by atoms with E-state index in [1.54, 1.807) is 16.9 Å². The Balaban J connectivity index is 1.40. The molecule has 24 heavy (non-hydrogen) atoms. The summed E-state index contributed by atoms with van der Waals surface area (Å²) in [5.41, 5.74) is 2.78. The molecule has 2 aliphatic rings. The number of amides is 1. The average molecular weight is 327 g/mol. The van der Waals surface area contributed by atoms with Crippen LogP contribution in [0.25, 0.3) is 0 Å². The van der Waals surface area contributed by atoms with E-state index in [1.807, 2.05) is 0 Å². The third-order valence-corrected chi connectivity index (χ3v) is 5.12. The van der Waals surface area contributed by atoms with E-state index in [0.717, 1.165) is 56.2 Å². The predicted molar refractivity (Wildman–Crippen MR) is 87.9 cm³/mol. The van der Waals surface area contributed by atoms with Crippen molar-refractivity contribution in [2.75, 3.05) is 0 Å². The number of carbonyl (C=O) groups is 1. The van der Waals surface area contributed by atoms with Gasteiger partial charge in [-0.05, 0) is 50.5 Å². The van der Waals surface area contributed by atoms with Crippen molar-refractivity contribution in [1.82, 2.24) is 25.3 Å². The fourth-order valence-electron chi connectivity index (χ4n) is 3.79. The number of rotatable bonds is 3. The highest BCUT2D eigenvalue weighted by molar-refractivity contribution is 5.93. The second kappa shape index (κ2) is 6.22. The van der Waals surface area contributed by atoms with Gasteiger partial charge in [-0.2, -0.15) is 10.2 Å². The van der Waals surface area contributed by atoms with Crippen LogP contribution in [0, 0.1) is 0 Å². The summed E-state index contributed by atoms with van der Waals surface area (Å²) >= 11 is 0. The van der Waals surface area contributed by atoms with Crippen molar-refractivity contribution in [2.24, 2.45) is 0 Å². The van der Waals surface area contributed by atoms with Crippen LogP contribution in [0.5, 0.6) is 0 Å². The standard InChI is InChI=1S/C17H21N5O2/c23-16-8-11-2-1-3-15(11)21-22(16)14-6-4-13(5-7-14)20-17(24)12-9-18-19-10-12/h8-10,13-14H,1-7H2,(H,18,19)(H,20,24). The van der Waals surface area contributed by atoms with Crippen molar-refractivity contribution < 1.29 is 4.79 Å². The van der Waals surface area contributed by atoms with Gasteiger partial charge in [0.1, 0.15) is 0 Å². The van der Waals surface area contributed by atoms with E-state index >= 15 is 0 Å². The van der Waals surface area contributed by atoms with Crippen LogP contribution in [0.3, 0.4) is 0 Å². The number of nitrogens with one attached hydrogen (secondary N) is 2. The van der Waals surface area contributed by atoms with Crippen LogP contribution >= 0.6 is 0 Å². The number of fused-ring (bicyclic) bond motifs is 1. The first-order valence-corrected chi connectivity index (χ1v) is 8.62. The normalized spacial score (nSPS) is 23.0. The molecule has 0 aromatic carbocycles. The lowest BCUT2D eigenvalue weighted by Gasteiger charge is -2.29. The molecule has 2 aromatic heterocycles. The lowest BCUT2D eigenvalue weighted by atomic mass is 9.91. The fourth-order valence-corrected chi connectivity index (χ4v) is 3.79. The highest BCUT2D eigenvalue weighted by Gasteiger charge is 2.26. The van der Waals surface area contributed by atoms with E-state index in [4.69, 9.17) is 0 Å². The molecule has 1 fully saturated rings. The molecule has 2 N–H and O–H groups in total. The largest absolute Gasteiger partial charge is 0.349 e. The van der Waals surface area contributed by atoms with Crippen molar-refractivity contribution in [3.8, 4) is 0 Å². The molecule has 126 valence electrons. The summed E-state index contributed by atoms with van der Waals surface area (Å²) in [6.07, 6.45) is 9.61. The van der Waals surface area contributed by atoms with Crippen LogP contribution in [-0.2, 0) is 12.8 Å². The minimum atomic E-state index is -0.0972. The topological polar surface area (TPSA) is 92.7 Å². The summed E-state index contributed by atoms with van der Waals surface area (Å²) in [5, 5.41) is 14.1. The van der Waals surface area contributed by atoms with Crippen LogP contribution in [0.1, 0.15) is 59.8 Å². The van der Waals surface area contributed by atoms with E-state index in [1.165, 1.54) is 6.20 Å². The van der Waals surface area contributed by atoms with Gasteiger partial charge in [-0.15, -0.1) is 0 Å². The molecular formula is C17H21N5O2. The van der Waals surface area contributed by atoms with Crippen molar-refractivity contribution in [1.29, 1.82) is 0 Å². The van der Waals surface area contributed by atoms with Gasteiger partial charge in [0.25, 0.3) is 11.5 Å². The second-order valence-corrected chi connectivity index (χ2v) is 6.72. The molecule has 0 radical (unpaired) electrons. The first-order valence-electron chi connectivity index (χ1n) is 8.62. The minimum Gasteiger partial charge on any atom is -0.349 e. The number of aromatic amines is 1. The summed E-state index contributed by atoms with van der Waals surface area (Å²) in [7, 11) is 0. The summed E-state index contributed by atoms with van der Waals surface area (Å²) in [6.45, 7) is 0. The summed E-state index contributed by atoms with van der Waals surface area (Å²) < 4.78 is 1.68. The Kier molecular flexibility index (Phi) is 3.92. The molecule has 0 unspecified atom stereocenters. The van der Waals surface area contributed by atoms with E-state index in [2.05, 4.69) is 20.6 Å². The third-order valence-electron chi connectivity index (χ3n) is 5.12. The first kappa shape index (κ1) is 15.1. The van der Waals surface area contributed by atoms with Crippen LogP contribution < -0.4 is 10.9 Å². The number of H-pyrrole nitrogens is 1. The maximum Gasteiger partial charge on any atom is 0.267 e. The zero-order valence-electron chi connectivity index (χ0n) is 13.5. The molecule has 0 saturated heterocycles. The molecule has 2 aromatic rings. The van der Waals surface area contributed by atoms with Gasteiger partial charge in [0, 0.05) is 18.3 Å². The quantitative estimate of drug-likeness (QED) is 0.890. The maximum absolute atomic E-state index is 12.3. The SMILES string of the molecule is O=C(NC1CCC(n2nc3c(cc2=O)CCC3)CC1)c1cn[nH]c1. The lowest BCUT2D eigenvalue weighted by Crippen LogP contribution is -2.39. The Labute approximate surface area is 139 Å². The lowest BCUT2D eigenvalue weighted by molar-refractivity contribution is 0.0921. The van der Waals surface area contributed by atoms with Gasteiger partial charge in [0.05, 0.1) is 23.5 Å². The Morgan fingerprint density at radius 1 is 1.25 bits per heavy atom. The monoisotopic (exact) mass is 327 g/mol. The fraction of sp³-hybridized carbons (Fsp3) is 0.529. The Bertz CT molecular complexity index is 788. The molecule has 4 rings (SSSR count). The van der Waals surface area contributed by atoms with Crippen LogP contribution in [-0.4, -0.2) is 31.9 Å². The highest BCUT2D eigenvalue weighted by Crippen LogP contribution is 2.28. The number of aryl methyl sites for hydroxylation is 2. The number of hydrogen-bond acceptors (Lipinski definition) is 4.